The molecular weight excluding hydrogens is 280 g/mol. The van der Waals surface area contributed by atoms with E-state index < -0.39 is 0 Å². The number of hydrogen-bond donors (Lipinski definition) is 1. The van der Waals surface area contributed by atoms with Crippen molar-refractivity contribution in [3.05, 3.63) is 36.5 Å². The third kappa shape index (κ3) is 2.86. The van der Waals surface area contributed by atoms with Crippen LogP contribution in [0.1, 0.15) is 12.8 Å². The molecule has 2 aromatic rings. The molecule has 2 heterocycles. The zero-order valence-electron chi connectivity index (χ0n) is 12.5. The number of likely N-dealkylation sites (N-methyl/N-ethyl adjacent to an activating group) is 1. The maximum atomic E-state index is 12.3. The number of hydrogen-bond acceptors (Lipinski definition) is 3. The van der Waals surface area contributed by atoms with E-state index in [1.807, 2.05) is 18.3 Å². The van der Waals surface area contributed by atoms with E-state index in [1.54, 1.807) is 11.9 Å². The maximum absolute atomic E-state index is 12.3. The summed E-state index contributed by atoms with van der Waals surface area (Å²) in [6.45, 7) is 1.31. The summed E-state index contributed by atoms with van der Waals surface area (Å²) < 4.78 is 2.13. The fourth-order valence-electron chi connectivity index (χ4n) is 2.54. The van der Waals surface area contributed by atoms with Crippen molar-refractivity contribution in [1.29, 1.82) is 0 Å². The minimum atomic E-state index is -0.141. The second kappa shape index (κ2) is 6.01. The number of carbonyl (C=O) groups excluding carboxylic acids is 2. The van der Waals surface area contributed by atoms with Gasteiger partial charge >= 0.3 is 0 Å². The number of rotatable bonds is 4. The predicted octanol–water partition coefficient (Wildman–Crippen LogP) is 1.37. The molecule has 0 saturated carbocycles. The minimum Gasteiger partial charge on any atom is -0.346 e. The lowest BCUT2D eigenvalue weighted by molar-refractivity contribution is -0.123. The van der Waals surface area contributed by atoms with E-state index in [2.05, 4.69) is 33.3 Å². The normalized spacial score (nSPS) is 14.6. The van der Waals surface area contributed by atoms with E-state index >= 15 is 0 Å². The van der Waals surface area contributed by atoms with Gasteiger partial charge in [0.15, 0.2) is 0 Å². The van der Waals surface area contributed by atoms with E-state index in [4.69, 9.17) is 0 Å². The highest BCUT2D eigenvalue weighted by Crippen LogP contribution is 2.15. The van der Waals surface area contributed by atoms with E-state index in [9.17, 15) is 9.59 Å². The summed E-state index contributed by atoms with van der Waals surface area (Å²) in [7, 11) is 1.76. The number of nitrogens with zero attached hydrogens (tertiary/aromatic N) is 3. The fourth-order valence-corrected chi connectivity index (χ4v) is 2.54. The first-order valence-corrected chi connectivity index (χ1v) is 7.30. The number of fused-ring (bicyclic) bond motifs is 1. The van der Waals surface area contributed by atoms with Gasteiger partial charge in [-0.2, -0.15) is 5.10 Å². The lowest BCUT2D eigenvalue weighted by atomic mass is 10.1. The Bertz CT molecular complexity index is 747. The summed E-state index contributed by atoms with van der Waals surface area (Å²) in [4.78, 5) is 25.0. The lowest BCUT2D eigenvalue weighted by Gasteiger charge is -2.20. The van der Waals surface area contributed by atoms with Crippen LogP contribution in [-0.2, 0) is 16.1 Å². The number of carbonyl (C=O) groups is 2. The van der Waals surface area contributed by atoms with Crippen LogP contribution in [0.2, 0.25) is 0 Å². The van der Waals surface area contributed by atoms with Gasteiger partial charge in [-0.1, -0.05) is 18.2 Å². The molecule has 0 spiro atoms. The molecule has 1 aliphatic rings. The van der Waals surface area contributed by atoms with E-state index in [0.717, 1.165) is 12.1 Å². The van der Waals surface area contributed by atoms with Crippen LogP contribution in [-0.4, -0.2) is 40.6 Å². The summed E-state index contributed by atoms with van der Waals surface area (Å²) in [6.07, 6.45) is 2.75. The quantitative estimate of drug-likeness (QED) is 0.926. The van der Waals surface area contributed by atoms with E-state index in [-0.39, 0.29) is 11.8 Å². The fraction of sp³-hybridized carbons (Fsp3) is 0.312. The van der Waals surface area contributed by atoms with Crippen molar-refractivity contribution in [3.8, 4) is 0 Å². The first-order chi connectivity index (χ1) is 10.6. The van der Waals surface area contributed by atoms with Gasteiger partial charge in [0.1, 0.15) is 5.71 Å². The molecule has 0 saturated heterocycles. The molecule has 22 heavy (non-hydrogen) atoms. The van der Waals surface area contributed by atoms with Gasteiger partial charge in [0.2, 0.25) is 5.91 Å². The Kier molecular flexibility index (Phi) is 3.91. The zero-order valence-corrected chi connectivity index (χ0v) is 12.5. The summed E-state index contributed by atoms with van der Waals surface area (Å²) >= 11 is 0. The van der Waals surface area contributed by atoms with Crippen LogP contribution in [0, 0.1) is 0 Å². The SMILES string of the molecule is CN(CCn1ccc2ccccc21)C(=O)C1=NNC(=O)CC1. The molecule has 0 unspecified atom stereocenters. The van der Waals surface area contributed by atoms with Crippen LogP contribution in [0.5, 0.6) is 0 Å². The Morgan fingerprint density at radius 2 is 2.14 bits per heavy atom. The van der Waals surface area contributed by atoms with Gasteiger partial charge < -0.3 is 9.47 Å². The summed E-state index contributed by atoms with van der Waals surface area (Å²) in [6, 6.07) is 10.2. The molecular formula is C16H18N4O2. The van der Waals surface area contributed by atoms with Crippen molar-refractivity contribution in [2.75, 3.05) is 13.6 Å². The molecule has 114 valence electrons. The highest BCUT2D eigenvalue weighted by Gasteiger charge is 2.21. The number of amides is 2. The number of para-hydroxylation sites is 1. The van der Waals surface area contributed by atoms with E-state index in [0.29, 0.717) is 25.1 Å². The van der Waals surface area contributed by atoms with Gasteiger partial charge in [-0.3, -0.25) is 9.59 Å². The number of hydrazone groups is 1. The third-order valence-electron chi connectivity index (χ3n) is 3.85. The highest BCUT2D eigenvalue weighted by atomic mass is 16.2. The van der Waals surface area contributed by atoms with Crippen LogP contribution in [0.15, 0.2) is 41.6 Å². The molecule has 1 aromatic carbocycles. The molecule has 6 heteroatoms. The first kappa shape index (κ1) is 14.3. The van der Waals surface area contributed by atoms with Crippen molar-refractivity contribution < 1.29 is 9.59 Å². The summed E-state index contributed by atoms with van der Waals surface area (Å²) in [5.74, 6) is -0.269. The number of benzene rings is 1. The Hall–Kier alpha value is -2.63. The van der Waals surface area contributed by atoms with Crippen LogP contribution in [0.25, 0.3) is 10.9 Å². The van der Waals surface area contributed by atoms with Gasteiger partial charge in [-0.05, 0) is 17.5 Å². The first-order valence-electron chi connectivity index (χ1n) is 7.30. The molecule has 1 N–H and O–H groups in total. The monoisotopic (exact) mass is 298 g/mol. The van der Waals surface area contributed by atoms with Crippen LogP contribution in [0.3, 0.4) is 0 Å². The minimum absolute atomic E-state index is 0.128. The molecule has 0 aliphatic carbocycles. The van der Waals surface area contributed by atoms with Crippen molar-refractivity contribution in [2.45, 2.75) is 19.4 Å². The smallest absolute Gasteiger partial charge is 0.269 e. The van der Waals surface area contributed by atoms with Crippen LogP contribution >= 0.6 is 0 Å². The van der Waals surface area contributed by atoms with E-state index in [1.165, 1.54) is 5.39 Å². The topological polar surface area (TPSA) is 66.7 Å². The summed E-state index contributed by atoms with van der Waals surface area (Å²) in [5, 5.41) is 5.04. The number of nitrogens with one attached hydrogen (secondary N) is 1. The van der Waals surface area contributed by atoms with Crippen molar-refractivity contribution in [2.24, 2.45) is 5.10 Å². The molecule has 0 radical (unpaired) electrons. The maximum Gasteiger partial charge on any atom is 0.269 e. The molecule has 2 amide bonds. The van der Waals surface area contributed by atoms with Crippen LogP contribution < -0.4 is 5.43 Å². The van der Waals surface area contributed by atoms with Crippen molar-refractivity contribution >= 4 is 28.4 Å². The summed E-state index contributed by atoms with van der Waals surface area (Å²) in [5.41, 5.74) is 3.93. The largest absolute Gasteiger partial charge is 0.346 e. The Labute approximate surface area is 128 Å². The van der Waals surface area contributed by atoms with Gasteiger partial charge in [0.05, 0.1) is 0 Å². The Morgan fingerprint density at radius 3 is 2.91 bits per heavy atom. The zero-order chi connectivity index (χ0) is 15.5. The standard InChI is InChI=1S/C16H18N4O2/c1-19(16(22)13-6-7-15(21)18-17-13)10-11-20-9-8-12-4-2-3-5-14(12)20/h2-5,8-9H,6-7,10-11H2,1H3,(H,18,21). The average Bonchev–Trinajstić information content (AvgIpc) is 2.96. The molecule has 0 fully saturated rings. The molecule has 0 atom stereocenters. The molecule has 1 aliphatic heterocycles. The van der Waals surface area contributed by atoms with Gasteiger partial charge in [0.25, 0.3) is 5.91 Å². The van der Waals surface area contributed by atoms with Gasteiger partial charge in [0, 0.05) is 44.7 Å². The Morgan fingerprint density at radius 1 is 1.32 bits per heavy atom. The molecule has 3 rings (SSSR count). The molecule has 1 aromatic heterocycles. The third-order valence-corrected chi connectivity index (χ3v) is 3.85. The average molecular weight is 298 g/mol. The Balaban J connectivity index is 1.63. The van der Waals surface area contributed by atoms with Gasteiger partial charge in [-0.25, -0.2) is 5.43 Å². The predicted molar refractivity (Wildman–Crippen MR) is 84.4 cm³/mol. The van der Waals surface area contributed by atoms with Crippen LogP contribution in [0.4, 0.5) is 0 Å². The van der Waals surface area contributed by atoms with Crippen molar-refractivity contribution in [3.63, 3.8) is 0 Å². The second-order valence-corrected chi connectivity index (χ2v) is 5.39. The van der Waals surface area contributed by atoms with Gasteiger partial charge in [-0.15, -0.1) is 0 Å². The second-order valence-electron chi connectivity index (χ2n) is 5.39. The molecule has 0 bridgehead atoms. The molecule has 6 nitrogen and oxygen atoms in total. The number of aromatic nitrogens is 1. The lowest BCUT2D eigenvalue weighted by Crippen LogP contribution is -2.39. The highest BCUT2D eigenvalue weighted by molar-refractivity contribution is 6.39. The van der Waals surface area contributed by atoms with Crippen molar-refractivity contribution in [1.82, 2.24) is 14.9 Å².